The summed E-state index contributed by atoms with van der Waals surface area (Å²) in [4.78, 5) is 6.93. The smallest absolute Gasteiger partial charge is 0.177 e. The predicted molar refractivity (Wildman–Crippen MR) is 61.0 cm³/mol. The number of hydrogen-bond donors (Lipinski definition) is 2. The summed E-state index contributed by atoms with van der Waals surface area (Å²) in [6, 6.07) is 3.90. The van der Waals surface area contributed by atoms with E-state index in [1.165, 1.54) is 0 Å². The molecule has 0 bridgehead atoms. The van der Waals surface area contributed by atoms with Crippen molar-refractivity contribution in [1.82, 2.24) is 4.98 Å². The number of halogens is 1. The normalized spacial score (nSPS) is 13.0. The van der Waals surface area contributed by atoms with E-state index in [-0.39, 0.29) is 0 Å². The molecule has 14 heavy (non-hydrogen) atoms. The maximum Gasteiger partial charge on any atom is 0.177 e. The van der Waals surface area contributed by atoms with Gasteiger partial charge in [0.15, 0.2) is 6.21 Å². The zero-order valence-corrected chi connectivity index (χ0v) is 9.58. The van der Waals surface area contributed by atoms with Gasteiger partial charge in [0.2, 0.25) is 0 Å². The number of rotatable bonds is 3. The molecule has 0 aliphatic heterocycles. The zero-order chi connectivity index (χ0) is 10.4. The van der Waals surface area contributed by atoms with Crippen LogP contribution in [0.1, 0.15) is 5.56 Å². The van der Waals surface area contributed by atoms with Gasteiger partial charge in [-0.25, -0.2) is 4.99 Å². The Morgan fingerprint density at radius 1 is 1.71 bits per heavy atom. The molecule has 0 spiro atoms. The monoisotopic (exact) mass is 254 g/mol. The van der Waals surface area contributed by atoms with Crippen LogP contribution in [0.3, 0.4) is 0 Å². The minimum absolute atomic E-state index is 0.701. The van der Waals surface area contributed by atoms with E-state index in [0.29, 0.717) is 6.42 Å². The summed E-state index contributed by atoms with van der Waals surface area (Å²) in [6.45, 7) is 0. The molecule has 0 unspecified atom stereocenters. The molecule has 0 amide bonds. The van der Waals surface area contributed by atoms with E-state index in [4.69, 9.17) is 5.73 Å². The van der Waals surface area contributed by atoms with Crippen LogP contribution in [0.25, 0.3) is 0 Å². The summed E-state index contributed by atoms with van der Waals surface area (Å²) in [5, 5.41) is 0. The molecule has 4 heteroatoms. The molecule has 0 aliphatic rings. The molecule has 3 N–H and O–H groups in total. The number of nitrogens with zero attached hydrogens (tertiary/aromatic N) is 1. The Kier molecular flexibility index (Phi) is 4.32. The molecule has 0 aromatic carbocycles. The van der Waals surface area contributed by atoms with Crippen LogP contribution in [0, 0.1) is 0 Å². The molecule has 74 valence electrons. The van der Waals surface area contributed by atoms with Gasteiger partial charge in [-0.05, 0) is 27.6 Å². The maximum absolute atomic E-state index is 5.87. The van der Waals surface area contributed by atoms with Gasteiger partial charge >= 0.3 is 0 Å². The van der Waals surface area contributed by atoms with Crippen molar-refractivity contribution in [3.63, 3.8) is 0 Å². The SMILES string of the molecule is C[NH+]=CC(Br)=C(N)Cc1cccnc1. The van der Waals surface area contributed by atoms with Crippen molar-refractivity contribution in [3.05, 3.63) is 40.3 Å². The van der Waals surface area contributed by atoms with Crippen molar-refractivity contribution < 1.29 is 4.99 Å². The maximum atomic E-state index is 5.87. The van der Waals surface area contributed by atoms with E-state index in [1.807, 2.05) is 31.6 Å². The second kappa shape index (κ2) is 5.54. The standard InChI is InChI=1S/C10H12BrN3/c1-13-7-9(11)10(12)5-8-3-2-4-14-6-8/h2-4,6-7H,5,12H2,1H3/p+1. The molecule has 0 saturated carbocycles. The molecule has 1 aromatic heterocycles. The first kappa shape index (κ1) is 10.9. The summed E-state index contributed by atoms with van der Waals surface area (Å²) in [7, 11) is 1.83. The first-order chi connectivity index (χ1) is 6.74. The van der Waals surface area contributed by atoms with E-state index >= 15 is 0 Å². The molecule has 1 heterocycles. The highest BCUT2D eigenvalue weighted by Gasteiger charge is 2.01. The van der Waals surface area contributed by atoms with E-state index < -0.39 is 0 Å². The van der Waals surface area contributed by atoms with Gasteiger partial charge in [0.1, 0.15) is 7.05 Å². The first-order valence-corrected chi connectivity index (χ1v) is 5.07. The number of allylic oxidation sites excluding steroid dienone is 2. The van der Waals surface area contributed by atoms with Gasteiger partial charge in [0.25, 0.3) is 0 Å². The number of nitrogens with two attached hydrogens (primary N) is 1. The molecule has 0 aliphatic carbocycles. The number of aromatic nitrogens is 1. The minimum atomic E-state index is 0.701. The van der Waals surface area contributed by atoms with Gasteiger partial charge in [-0.3, -0.25) is 4.98 Å². The average molecular weight is 255 g/mol. The second-order valence-electron chi connectivity index (χ2n) is 2.84. The molecule has 1 aromatic rings. The van der Waals surface area contributed by atoms with Crippen LogP contribution in [-0.4, -0.2) is 18.2 Å². The van der Waals surface area contributed by atoms with Gasteiger partial charge in [-0.15, -0.1) is 0 Å². The fourth-order valence-electron chi connectivity index (χ4n) is 1.03. The highest BCUT2D eigenvalue weighted by molar-refractivity contribution is 9.12. The Bertz CT molecular complexity index is 344. The summed E-state index contributed by atoms with van der Waals surface area (Å²) in [5.41, 5.74) is 7.76. The van der Waals surface area contributed by atoms with Crippen LogP contribution in [0.5, 0.6) is 0 Å². The third kappa shape index (κ3) is 3.30. The number of nitrogens with one attached hydrogen (secondary N) is 1. The average Bonchev–Trinajstić information content (AvgIpc) is 2.19. The highest BCUT2D eigenvalue weighted by atomic mass is 79.9. The van der Waals surface area contributed by atoms with Crippen LogP contribution in [0.15, 0.2) is 34.7 Å². The van der Waals surface area contributed by atoms with Crippen molar-refractivity contribution in [1.29, 1.82) is 0 Å². The van der Waals surface area contributed by atoms with E-state index in [0.717, 1.165) is 15.7 Å². The van der Waals surface area contributed by atoms with Crippen LogP contribution in [-0.2, 0) is 6.42 Å². The lowest BCUT2D eigenvalue weighted by molar-refractivity contribution is -0.413. The van der Waals surface area contributed by atoms with Crippen molar-refractivity contribution in [2.75, 3.05) is 7.05 Å². The fourth-order valence-corrected chi connectivity index (χ4v) is 1.40. The molecular formula is C10H13BrN3+. The lowest BCUT2D eigenvalue weighted by Gasteiger charge is -2.00. The van der Waals surface area contributed by atoms with E-state index in [9.17, 15) is 0 Å². The summed E-state index contributed by atoms with van der Waals surface area (Å²) < 4.78 is 0.879. The Hall–Kier alpha value is -1.16. The number of hydrogen-bond acceptors (Lipinski definition) is 2. The van der Waals surface area contributed by atoms with Gasteiger partial charge in [-0.2, -0.15) is 0 Å². The summed E-state index contributed by atoms with van der Waals surface area (Å²) in [5.74, 6) is 0. The highest BCUT2D eigenvalue weighted by Crippen LogP contribution is 2.09. The first-order valence-electron chi connectivity index (χ1n) is 4.27. The van der Waals surface area contributed by atoms with Crippen LogP contribution in [0.2, 0.25) is 0 Å². The summed E-state index contributed by atoms with van der Waals surface area (Å²) in [6.07, 6.45) is 6.07. The molecule has 3 nitrogen and oxygen atoms in total. The van der Waals surface area contributed by atoms with Crippen LogP contribution >= 0.6 is 15.9 Å². The second-order valence-corrected chi connectivity index (χ2v) is 3.70. The lowest BCUT2D eigenvalue weighted by Crippen LogP contribution is -2.63. The van der Waals surface area contributed by atoms with E-state index in [1.54, 1.807) is 6.20 Å². The third-order valence-electron chi connectivity index (χ3n) is 1.70. The van der Waals surface area contributed by atoms with Crippen molar-refractivity contribution in [2.24, 2.45) is 5.73 Å². The summed E-state index contributed by atoms with van der Waals surface area (Å²) >= 11 is 3.38. The Morgan fingerprint density at radius 2 is 2.50 bits per heavy atom. The van der Waals surface area contributed by atoms with Gasteiger partial charge in [-0.1, -0.05) is 6.07 Å². The van der Waals surface area contributed by atoms with Crippen molar-refractivity contribution in [3.8, 4) is 0 Å². The Balaban J connectivity index is 2.75. The van der Waals surface area contributed by atoms with Crippen molar-refractivity contribution >= 4 is 22.1 Å². The Morgan fingerprint density at radius 3 is 3.07 bits per heavy atom. The van der Waals surface area contributed by atoms with E-state index in [2.05, 4.69) is 25.9 Å². The van der Waals surface area contributed by atoms with Gasteiger partial charge in [0.05, 0.1) is 4.48 Å². The molecule has 0 radical (unpaired) electrons. The minimum Gasteiger partial charge on any atom is -0.401 e. The van der Waals surface area contributed by atoms with Crippen molar-refractivity contribution in [2.45, 2.75) is 6.42 Å². The molecule has 1 rings (SSSR count). The van der Waals surface area contributed by atoms with Crippen LogP contribution < -0.4 is 10.7 Å². The fraction of sp³-hybridized carbons (Fsp3) is 0.200. The lowest BCUT2D eigenvalue weighted by atomic mass is 10.1. The van der Waals surface area contributed by atoms with Gasteiger partial charge < -0.3 is 5.73 Å². The van der Waals surface area contributed by atoms with Crippen LogP contribution in [0.4, 0.5) is 0 Å². The molecule has 0 saturated heterocycles. The largest absolute Gasteiger partial charge is 0.401 e. The topological polar surface area (TPSA) is 52.9 Å². The molecular weight excluding hydrogens is 242 g/mol. The quantitative estimate of drug-likeness (QED) is 0.745. The molecule has 0 atom stereocenters. The zero-order valence-electron chi connectivity index (χ0n) is 8.00. The Labute approximate surface area is 91.9 Å². The van der Waals surface area contributed by atoms with Gasteiger partial charge in [0, 0.05) is 24.5 Å². The predicted octanol–water partition coefficient (Wildman–Crippen LogP) is -0.0295. The third-order valence-corrected chi connectivity index (χ3v) is 2.43. The number of pyridine rings is 1. The molecule has 0 fully saturated rings.